The first-order valence-corrected chi connectivity index (χ1v) is 11.9. The number of rotatable bonds is 8. The van der Waals surface area contributed by atoms with Gasteiger partial charge in [-0.15, -0.1) is 0 Å². The van der Waals surface area contributed by atoms with Crippen LogP contribution in [0.3, 0.4) is 0 Å². The minimum absolute atomic E-state index is 0.0530. The van der Waals surface area contributed by atoms with Gasteiger partial charge in [0.15, 0.2) is 0 Å². The van der Waals surface area contributed by atoms with Gasteiger partial charge in [-0.05, 0) is 48.6 Å². The second kappa shape index (κ2) is 10.0. The fraction of sp³-hybridized carbons (Fsp3) is 0.269. The lowest BCUT2D eigenvalue weighted by Crippen LogP contribution is -2.46. The first-order chi connectivity index (χ1) is 16.3. The van der Waals surface area contributed by atoms with Crippen LogP contribution in [0.2, 0.25) is 10.0 Å². The predicted molar refractivity (Wildman–Crippen MR) is 135 cm³/mol. The molecule has 3 aromatic carbocycles. The van der Waals surface area contributed by atoms with Crippen molar-refractivity contribution in [2.75, 3.05) is 18.5 Å². The number of nitrogens with one attached hydrogen (secondary N) is 1. The number of halogens is 2. The van der Waals surface area contributed by atoms with Gasteiger partial charge in [-0.25, -0.2) is 0 Å². The third kappa shape index (κ3) is 4.61. The van der Waals surface area contributed by atoms with Crippen LogP contribution in [0.5, 0.6) is 0 Å². The largest absolute Gasteiger partial charge is 0.357 e. The quantitative estimate of drug-likeness (QED) is 0.473. The van der Waals surface area contributed by atoms with E-state index >= 15 is 0 Å². The molecule has 1 aliphatic rings. The molecule has 0 bridgehead atoms. The molecular formula is C26H25Cl2N3O3. The summed E-state index contributed by atoms with van der Waals surface area (Å²) in [5.74, 6) is -0.512. The zero-order valence-electron chi connectivity index (χ0n) is 19.0. The molecule has 0 fully saturated rings. The summed E-state index contributed by atoms with van der Waals surface area (Å²) in [7, 11) is 1.54. The molecule has 1 N–H and O–H groups in total. The van der Waals surface area contributed by atoms with Gasteiger partial charge in [0.2, 0.25) is 11.8 Å². The third-order valence-corrected chi connectivity index (χ3v) is 6.78. The molecule has 3 aromatic rings. The maximum absolute atomic E-state index is 13.2. The van der Waals surface area contributed by atoms with Crippen LogP contribution < -0.4 is 10.2 Å². The van der Waals surface area contributed by atoms with Gasteiger partial charge in [0.05, 0.1) is 5.69 Å². The summed E-state index contributed by atoms with van der Waals surface area (Å²) in [5, 5.41) is 5.50. The van der Waals surface area contributed by atoms with E-state index in [-0.39, 0.29) is 30.7 Å². The Kier molecular flexibility index (Phi) is 7.10. The maximum atomic E-state index is 13.2. The van der Waals surface area contributed by atoms with Crippen LogP contribution in [0.1, 0.15) is 35.7 Å². The van der Waals surface area contributed by atoms with E-state index in [1.54, 1.807) is 30.0 Å². The van der Waals surface area contributed by atoms with Crippen molar-refractivity contribution in [1.82, 2.24) is 10.2 Å². The summed E-state index contributed by atoms with van der Waals surface area (Å²) >= 11 is 12.3. The molecule has 0 aliphatic carbocycles. The molecule has 1 unspecified atom stereocenters. The Morgan fingerprint density at radius 2 is 1.82 bits per heavy atom. The molecule has 0 radical (unpaired) electrons. The third-order valence-electron chi connectivity index (χ3n) is 6.19. The van der Waals surface area contributed by atoms with Crippen molar-refractivity contribution in [3.05, 3.63) is 75.8 Å². The maximum Gasteiger partial charge on any atom is 0.258 e. The van der Waals surface area contributed by atoms with E-state index < -0.39 is 6.04 Å². The van der Waals surface area contributed by atoms with Crippen molar-refractivity contribution in [1.29, 1.82) is 0 Å². The molecule has 1 aliphatic heterocycles. The monoisotopic (exact) mass is 497 g/mol. The lowest BCUT2D eigenvalue weighted by molar-refractivity contribution is -0.140. The first kappa shape index (κ1) is 24.0. The Hall–Kier alpha value is -3.09. The fourth-order valence-corrected chi connectivity index (χ4v) is 4.83. The van der Waals surface area contributed by atoms with Crippen LogP contribution in [-0.2, 0) is 16.1 Å². The summed E-state index contributed by atoms with van der Waals surface area (Å²) in [6.45, 7) is 2.26. The molecule has 1 heterocycles. The van der Waals surface area contributed by atoms with E-state index in [1.807, 2.05) is 36.4 Å². The minimum atomic E-state index is -0.685. The molecule has 8 heteroatoms. The van der Waals surface area contributed by atoms with E-state index in [9.17, 15) is 14.4 Å². The number of nitrogens with zero attached hydrogens (tertiary/aromatic N) is 2. The van der Waals surface area contributed by atoms with Crippen LogP contribution in [0, 0.1) is 0 Å². The summed E-state index contributed by atoms with van der Waals surface area (Å²) < 4.78 is 0. The zero-order valence-corrected chi connectivity index (χ0v) is 20.5. The Bertz CT molecular complexity index is 1270. The number of anilines is 1. The van der Waals surface area contributed by atoms with Gasteiger partial charge >= 0.3 is 0 Å². The number of amides is 3. The van der Waals surface area contributed by atoms with E-state index in [2.05, 4.69) is 5.32 Å². The molecule has 0 spiro atoms. The van der Waals surface area contributed by atoms with Gasteiger partial charge in [0.25, 0.3) is 5.91 Å². The minimum Gasteiger partial charge on any atom is -0.357 e. The molecule has 0 saturated heterocycles. The standard InChI is InChI=1S/C26H25Cl2N3O3/c1-16(25(33)29-2)31(15-18-11-12-19(27)14-21(18)28)23(32)10-5-13-30-22-9-4-7-17-6-3-8-20(24(17)22)26(30)34/h3-4,6-9,11-12,14,16H,5,10,13,15H2,1-2H3,(H,29,33). The molecule has 176 valence electrons. The smallest absolute Gasteiger partial charge is 0.258 e. The van der Waals surface area contributed by atoms with E-state index in [0.717, 1.165) is 16.5 Å². The van der Waals surface area contributed by atoms with Crippen LogP contribution in [-0.4, -0.2) is 42.3 Å². The number of benzene rings is 3. The molecule has 4 rings (SSSR count). The predicted octanol–water partition coefficient (Wildman–Crippen LogP) is 5.05. The van der Waals surface area contributed by atoms with E-state index in [4.69, 9.17) is 23.2 Å². The van der Waals surface area contributed by atoms with Crippen LogP contribution in [0.15, 0.2) is 54.6 Å². The number of hydrogen-bond acceptors (Lipinski definition) is 3. The molecule has 34 heavy (non-hydrogen) atoms. The van der Waals surface area contributed by atoms with Crippen molar-refractivity contribution in [2.45, 2.75) is 32.4 Å². The molecule has 6 nitrogen and oxygen atoms in total. The van der Waals surface area contributed by atoms with Gasteiger partial charge in [-0.3, -0.25) is 14.4 Å². The van der Waals surface area contributed by atoms with Crippen LogP contribution in [0.4, 0.5) is 5.69 Å². The Balaban J connectivity index is 1.47. The second-order valence-electron chi connectivity index (χ2n) is 8.29. The molecule has 1 atom stereocenters. The number of carbonyl (C=O) groups is 3. The van der Waals surface area contributed by atoms with Crippen LogP contribution in [0.25, 0.3) is 10.8 Å². The Morgan fingerprint density at radius 3 is 2.53 bits per heavy atom. The topological polar surface area (TPSA) is 69.7 Å². The Labute approximate surface area is 208 Å². The summed E-state index contributed by atoms with van der Waals surface area (Å²) in [5.41, 5.74) is 2.26. The second-order valence-corrected chi connectivity index (χ2v) is 9.13. The SMILES string of the molecule is CNC(=O)C(C)N(Cc1ccc(Cl)cc1Cl)C(=O)CCCN1C(=O)c2cccc3cccc1c23. The lowest BCUT2D eigenvalue weighted by Gasteiger charge is -2.29. The van der Waals surface area contributed by atoms with Crippen molar-refractivity contribution < 1.29 is 14.4 Å². The van der Waals surface area contributed by atoms with Gasteiger partial charge in [-0.1, -0.05) is 53.5 Å². The highest BCUT2D eigenvalue weighted by atomic mass is 35.5. The van der Waals surface area contributed by atoms with Crippen molar-refractivity contribution in [2.24, 2.45) is 0 Å². The fourth-order valence-electron chi connectivity index (χ4n) is 4.36. The summed E-state index contributed by atoms with van der Waals surface area (Å²) in [6.07, 6.45) is 0.642. The highest BCUT2D eigenvalue weighted by Crippen LogP contribution is 2.37. The van der Waals surface area contributed by atoms with E-state index in [0.29, 0.717) is 34.1 Å². The summed E-state index contributed by atoms with van der Waals surface area (Å²) in [6, 6.07) is 15.9. The average molecular weight is 498 g/mol. The van der Waals surface area contributed by atoms with Gasteiger partial charge in [0.1, 0.15) is 6.04 Å². The lowest BCUT2D eigenvalue weighted by atomic mass is 10.1. The van der Waals surface area contributed by atoms with Gasteiger partial charge < -0.3 is 15.1 Å². The molecule has 0 saturated carbocycles. The average Bonchev–Trinajstić information content (AvgIpc) is 3.10. The van der Waals surface area contributed by atoms with Crippen LogP contribution >= 0.6 is 23.2 Å². The van der Waals surface area contributed by atoms with Crippen molar-refractivity contribution in [3.8, 4) is 0 Å². The van der Waals surface area contributed by atoms with Gasteiger partial charge in [0, 0.05) is 47.6 Å². The van der Waals surface area contributed by atoms with Crippen molar-refractivity contribution >= 4 is 57.4 Å². The Morgan fingerprint density at radius 1 is 1.09 bits per heavy atom. The van der Waals surface area contributed by atoms with Crippen molar-refractivity contribution in [3.63, 3.8) is 0 Å². The van der Waals surface area contributed by atoms with E-state index in [1.165, 1.54) is 11.9 Å². The molecule has 3 amide bonds. The van der Waals surface area contributed by atoms with Gasteiger partial charge in [-0.2, -0.15) is 0 Å². The molecule has 0 aromatic heterocycles. The normalized spacial score (nSPS) is 13.3. The molecular weight excluding hydrogens is 473 g/mol. The number of carbonyl (C=O) groups excluding carboxylic acids is 3. The summed E-state index contributed by atoms with van der Waals surface area (Å²) in [4.78, 5) is 41.8. The first-order valence-electron chi connectivity index (χ1n) is 11.1. The highest BCUT2D eigenvalue weighted by Gasteiger charge is 2.30. The zero-order chi connectivity index (χ0) is 24.4. The highest BCUT2D eigenvalue weighted by molar-refractivity contribution is 6.35. The number of likely N-dealkylation sites (N-methyl/N-ethyl adjacent to an activating group) is 1. The number of hydrogen-bond donors (Lipinski definition) is 1.